The standard InChI is InChI=1S/C19H26N4O/c1-13-3-4-17-18(11-13)21-19(20-17)15-5-8-23(12-15)16-6-9-22(10-7-16)14(2)24/h3-4,11,15-16H,5-10,12H2,1-2H3,(H,20,21). The second kappa shape index (κ2) is 6.20. The van der Waals surface area contributed by atoms with E-state index in [4.69, 9.17) is 4.98 Å². The lowest BCUT2D eigenvalue weighted by atomic mass is 10.0. The van der Waals surface area contributed by atoms with Crippen LogP contribution in [-0.2, 0) is 4.79 Å². The molecule has 1 aromatic carbocycles. The minimum atomic E-state index is 0.213. The van der Waals surface area contributed by atoms with Gasteiger partial charge in [-0.25, -0.2) is 4.98 Å². The average Bonchev–Trinajstić information content (AvgIpc) is 3.21. The first-order chi connectivity index (χ1) is 11.6. The van der Waals surface area contributed by atoms with Gasteiger partial charge in [0.25, 0.3) is 0 Å². The third kappa shape index (κ3) is 2.93. The first-order valence-corrected chi connectivity index (χ1v) is 9.06. The summed E-state index contributed by atoms with van der Waals surface area (Å²) in [7, 11) is 0. The van der Waals surface area contributed by atoms with Crippen LogP contribution in [0.25, 0.3) is 11.0 Å². The van der Waals surface area contributed by atoms with E-state index in [2.05, 4.69) is 35.0 Å². The van der Waals surface area contributed by atoms with E-state index >= 15 is 0 Å². The predicted octanol–water partition coefficient (Wildman–Crippen LogP) is 2.67. The first kappa shape index (κ1) is 15.6. The SMILES string of the molecule is CC(=O)N1CCC(N2CCC(c3nc4ccc(C)cc4[nH]3)C2)CC1. The molecule has 3 heterocycles. The molecular formula is C19H26N4O. The van der Waals surface area contributed by atoms with Gasteiger partial charge < -0.3 is 9.88 Å². The van der Waals surface area contributed by atoms with Crippen molar-refractivity contribution in [2.45, 2.75) is 45.1 Å². The molecule has 2 aliphatic rings. The second-order valence-electron chi connectivity index (χ2n) is 7.36. The normalized spacial score (nSPS) is 23.2. The van der Waals surface area contributed by atoms with Gasteiger partial charge in [0.15, 0.2) is 0 Å². The zero-order valence-electron chi connectivity index (χ0n) is 14.6. The van der Waals surface area contributed by atoms with Crippen molar-refractivity contribution in [3.63, 3.8) is 0 Å². The fourth-order valence-corrected chi connectivity index (χ4v) is 4.22. The molecule has 5 heteroatoms. The van der Waals surface area contributed by atoms with Crippen LogP contribution in [0.1, 0.15) is 43.5 Å². The highest BCUT2D eigenvalue weighted by molar-refractivity contribution is 5.76. The number of fused-ring (bicyclic) bond motifs is 1. The smallest absolute Gasteiger partial charge is 0.219 e. The molecular weight excluding hydrogens is 300 g/mol. The third-order valence-electron chi connectivity index (χ3n) is 5.69. The number of hydrogen-bond acceptors (Lipinski definition) is 3. The molecule has 0 saturated carbocycles. The molecule has 1 unspecified atom stereocenters. The van der Waals surface area contributed by atoms with Gasteiger partial charge >= 0.3 is 0 Å². The molecule has 5 nitrogen and oxygen atoms in total. The van der Waals surface area contributed by atoms with E-state index in [1.165, 1.54) is 12.0 Å². The van der Waals surface area contributed by atoms with Crippen molar-refractivity contribution in [3.8, 4) is 0 Å². The van der Waals surface area contributed by atoms with Gasteiger partial charge in [-0.15, -0.1) is 0 Å². The van der Waals surface area contributed by atoms with E-state index in [0.29, 0.717) is 12.0 Å². The van der Waals surface area contributed by atoms with Gasteiger partial charge in [0, 0.05) is 38.5 Å². The molecule has 2 saturated heterocycles. The van der Waals surface area contributed by atoms with Crippen molar-refractivity contribution in [2.75, 3.05) is 26.2 Å². The Kier molecular flexibility index (Phi) is 4.04. The predicted molar refractivity (Wildman–Crippen MR) is 95.0 cm³/mol. The minimum absolute atomic E-state index is 0.213. The zero-order valence-corrected chi connectivity index (χ0v) is 14.6. The van der Waals surface area contributed by atoms with Gasteiger partial charge in [0.1, 0.15) is 5.82 Å². The summed E-state index contributed by atoms with van der Waals surface area (Å²) in [4.78, 5) is 24.4. The molecule has 2 fully saturated rings. The summed E-state index contributed by atoms with van der Waals surface area (Å²) in [5.74, 6) is 1.85. The molecule has 128 valence electrons. The van der Waals surface area contributed by atoms with E-state index in [9.17, 15) is 4.79 Å². The molecule has 1 aromatic heterocycles. The molecule has 1 atom stereocenters. The van der Waals surface area contributed by atoms with Crippen LogP contribution in [0.15, 0.2) is 18.2 Å². The number of benzene rings is 1. The summed E-state index contributed by atoms with van der Waals surface area (Å²) >= 11 is 0. The lowest BCUT2D eigenvalue weighted by Crippen LogP contribution is -2.45. The van der Waals surface area contributed by atoms with E-state index in [1.807, 2.05) is 4.90 Å². The van der Waals surface area contributed by atoms with Crippen LogP contribution in [0.4, 0.5) is 0 Å². The Labute approximate surface area is 143 Å². The maximum atomic E-state index is 11.5. The van der Waals surface area contributed by atoms with Crippen LogP contribution in [0.2, 0.25) is 0 Å². The number of nitrogens with one attached hydrogen (secondary N) is 1. The van der Waals surface area contributed by atoms with Crippen LogP contribution in [-0.4, -0.2) is 57.9 Å². The number of rotatable bonds is 2. The van der Waals surface area contributed by atoms with Gasteiger partial charge in [-0.2, -0.15) is 0 Å². The molecule has 0 radical (unpaired) electrons. The molecule has 4 rings (SSSR count). The maximum Gasteiger partial charge on any atom is 0.219 e. The number of amides is 1. The number of piperidine rings is 1. The lowest BCUT2D eigenvalue weighted by molar-refractivity contribution is -0.130. The number of aromatic amines is 1. The lowest BCUT2D eigenvalue weighted by Gasteiger charge is -2.36. The topological polar surface area (TPSA) is 52.2 Å². The first-order valence-electron chi connectivity index (χ1n) is 9.06. The van der Waals surface area contributed by atoms with E-state index in [0.717, 1.165) is 55.9 Å². The number of carbonyl (C=O) groups excluding carboxylic acids is 1. The van der Waals surface area contributed by atoms with Crippen molar-refractivity contribution in [2.24, 2.45) is 0 Å². The fourth-order valence-electron chi connectivity index (χ4n) is 4.22. The monoisotopic (exact) mass is 326 g/mol. The average molecular weight is 326 g/mol. The van der Waals surface area contributed by atoms with Gasteiger partial charge in [0.2, 0.25) is 5.91 Å². The van der Waals surface area contributed by atoms with E-state index in [1.54, 1.807) is 6.92 Å². The van der Waals surface area contributed by atoms with Gasteiger partial charge in [-0.05, 0) is 50.4 Å². The Morgan fingerprint density at radius 3 is 2.75 bits per heavy atom. The quantitative estimate of drug-likeness (QED) is 0.923. The van der Waals surface area contributed by atoms with E-state index < -0.39 is 0 Å². The number of likely N-dealkylation sites (tertiary alicyclic amines) is 2. The molecule has 0 aliphatic carbocycles. The number of aryl methyl sites for hydroxylation is 1. The largest absolute Gasteiger partial charge is 0.343 e. The molecule has 1 amide bonds. The summed E-state index contributed by atoms with van der Waals surface area (Å²) in [5.41, 5.74) is 3.49. The molecule has 0 bridgehead atoms. The second-order valence-corrected chi connectivity index (χ2v) is 7.36. The van der Waals surface area contributed by atoms with Crippen LogP contribution in [0.5, 0.6) is 0 Å². The summed E-state index contributed by atoms with van der Waals surface area (Å²) in [6.45, 7) is 7.84. The van der Waals surface area contributed by atoms with Crippen LogP contribution < -0.4 is 0 Å². The third-order valence-corrected chi connectivity index (χ3v) is 5.69. The molecule has 24 heavy (non-hydrogen) atoms. The summed E-state index contributed by atoms with van der Waals surface area (Å²) < 4.78 is 0. The van der Waals surface area contributed by atoms with Crippen LogP contribution in [0, 0.1) is 6.92 Å². The highest BCUT2D eigenvalue weighted by Gasteiger charge is 2.32. The van der Waals surface area contributed by atoms with Crippen LogP contribution in [0.3, 0.4) is 0 Å². The Hall–Kier alpha value is -1.88. The number of aromatic nitrogens is 2. The van der Waals surface area contributed by atoms with Gasteiger partial charge in [-0.1, -0.05) is 6.07 Å². The highest BCUT2D eigenvalue weighted by atomic mass is 16.2. The molecule has 0 spiro atoms. The van der Waals surface area contributed by atoms with Crippen molar-refractivity contribution >= 4 is 16.9 Å². The van der Waals surface area contributed by atoms with Gasteiger partial charge in [0.05, 0.1) is 11.0 Å². The highest BCUT2D eigenvalue weighted by Crippen LogP contribution is 2.30. The number of nitrogens with zero attached hydrogens (tertiary/aromatic N) is 3. The molecule has 2 aromatic rings. The Morgan fingerprint density at radius 1 is 1.21 bits per heavy atom. The number of hydrogen-bond donors (Lipinski definition) is 1. The zero-order chi connectivity index (χ0) is 16.7. The minimum Gasteiger partial charge on any atom is -0.343 e. The maximum absolute atomic E-state index is 11.5. The van der Waals surface area contributed by atoms with Crippen LogP contribution >= 0.6 is 0 Å². The molecule has 1 N–H and O–H groups in total. The Balaban J connectivity index is 1.41. The molecule has 2 aliphatic heterocycles. The Morgan fingerprint density at radius 2 is 2.00 bits per heavy atom. The fraction of sp³-hybridized carbons (Fsp3) is 0.579. The number of carbonyl (C=O) groups is 1. The van der Waals surface area contributed by atoms with Crippen molar-refractivity contribution < 1.29 is 4.79 Å². The Bertz CT molecular complexity index is 745. The van der Waals surface area contributed by atoms with Gasteiger partial charge in [-0.3, -0.25) is 9.69 Å². The summed E-state index contributed by atoms with van der Waals surface area (Å²) in [6.07, 6.45) is 3.38. The summed E-state index contributed by atoms with van der Waals surface area (Å²) in [5, 5.41) is 0. The number of H-pyrrole nitrogens is 1. The van der Waals surface area contributed by atoms with Crippen molar-refractivity contribution in [1.29, 1.82) is 0 Å². The summed E-state index contributed by atoms with van der Waals surface area (Å²) in [6, 6.07) is 7.03. The number of imidazole rings is 1. The van der Waals surface area contributed by atoms with Crippen molar-refractivity contribution in [3.05, 3.63) is 29.6 Å². The van der Waals surface area contributed by atoms with E-state index in [-0.39, 0.29) is 5.91 Å². The van der Waals surface area contributed by atoms with Crippen molar-refractivity contribution in [1.82, 2.24) is 19.8 Å².